The molecule has 5 nitrogen and oxygen atoms in total. The van der Waals surface area contributed by atoms with Crippen molar-refractivity contribution in [1.29, 1.82) is 0 Å². The van der Waals surface area contributed by atoms with Crippen molar-refractivity contribution < 1.29 is 0 Å². The first-order valence-corrected chi connectivity index (χ1v) is 8.72. The Kier molecular flexibility index (Phi) is 4.16. The number of nitrogens with one attached hydrogen (secondary N) is 1. The smallest absolute Gasteiger partial charge is 0.259 e. The summed E-state index contributed by atoms with van der Waals surface area (Å²) in [6.07, 6.45) is 3.53. The second-order valence-electron chi connectivity index (χ2n) is 6.03. The summed E-state index contributed by atoms with van der Waals surface area (Å²) in [5, 5.41) is 4.22. The fraction of sp³-hybridized carbons (Fsp3) is 0.353. The van der Waals surface area contributed by atoms with Crippen molar-refractivity contribution in [2.75, 3.05) is 13.1 Å². The molecule has 3 heterocycles. The van der Waals surface area contributed by atoms with Gasteiger partial charge in [0.05, 0.1) is 34.2 Å². The second-order valence-corrected chi connectivity index (χ2v) is 6.82. The van der Waals surface area contributed by atoms with Crippen molar-refractivity contribution >= 4 is 28.9 Å². The number of aromatic nitrogens is 2. The van der Waals surface area contributed by atoms with Crippen LogP contribution in [-0.4, -0.2) is 28.4 Å². The lowest BCUT2D eigenvalue weighted by molar-refractivity contribution is 0.356. The highest BCUT2D eigenvalue weighted by Gasteiger charge is 2.27. The van der Waals surface area contributed by atoms with Gasteiger partial charge < -0.3 is 5.32 Å². The molecule has 0 aliphatic carbocycles. The lowest BCUT2D eigenvalue weighted by Crippen LogP contribution is -2.35. The largest absolute Gasteiger partial charge is 0.317 e. The Labute approximate surface area is 149 Å². The number of piperidine rings is 1. The van der Waals surface area contributed by atoms with E-state index in [4.69, 9.17) is 23.2 Å². The van der Waals surface area contributed by atoms with Crippen molar-refractivity contribution in [1.82, 2.24) is 14.9 Å². The van der Waals surface area contributed by atoms with Crippen LogP contribution in [-0.2, 0) is 6.54 Å². The molecule has 0 saturated carbocycles. The van der Waals surface area contributed by atoms with Crippen LogP contribution in [0.4, 0.5) is 0 Å². The second kappa shape index (κ2) is 6.31. The summed E-state index contributed by atoms with van der Waals surface area (Å²) >= 11 is 12.4. The Balaban J connectivity index is 1.75. The molecule has 1 aromatic carbocycles. The Hall–Kier alpha value is -1.69. The quantitative estimate of drug-likeness (QED) is 0.893. The van der Waals surface area contributed by atoms with Gasteiger partial charge in [-0.05, 0) is 32.0 Å². The van der Waals surface area contributed by atoms with Crippen LogP contribution in [0.3, 0.4) is 0 Å². The molecule has 0 amide bonds. The Morgan fingerprint density at radius 2 is 2.00 bits per heavy atom. The normalized spacial score (nSPS) is 17.7. The molecule has 24 heavy (non-hydrogen) atoms. The molecule has 2 aliphatic heterocycles. The summed E-state index contributed by atoms with van der Waals surface area (Å²) in [7, 11) is 0. The summed E-state index contributed by atoms with van der Waals surface area (Å²) in [5.41, 5.74) is 2.63. The highest BCUT2D eigenvalue weighted by Crippen LogP contribution is 2.30. The molecule has 2 aliphatic rings. The average molecular weight is 363 g/mol. The van der Waals surface area contributed by atoms with Crippen molar-refractivity contribution in [3.63, 3.8) is 0 Å². The Morgan fingerprint density at radius 1 is 1.21 bits per heavy atom. The molecule has 0 spiro atoms. The minimum Gasteiger partial charge on any atom is -0.317 e. The van der Waals surface area contributed by atoms with Crippen LogP contribution in [0.1, 0.15) is 35.7 Å². The van der Waals surface area contributed by atoms with Crippen molar-refractivity contribution in [2.45, 2.75) is 25.4 Å². The van der Waals surface area contributed by atoms with E-state index in [1.54, 1.807) is 17.0 Å². The van der Waals surface area contributed by atoms with Crippen molar-refractivity contribution in [3.05, 3.63) is 61.7 Å². The summed E-state index contributed by atoms with van der Waals surface area (Å²) in [4.78, 5) is 21.9. The lowest BCUT2D eigenvalue weighted by Gasteiger charge is -2.24. The highest BCUT2D eigenvalue weighted by atomic mass is 35.5. The predicted molar refractivity (Wildman–Crippen MR) is 95.4 cm³/mol. The Morgan fingerprint density at radius 3 is 2.79 bits per heavy atom. The van der Waals surface area contributed by atoms with Gasteiger partial charge in [-0.1, -0.05) is 35.3 Å². The average Bonchev–Trinajstić information content (AvgIpc) is 3.03. The number of benzene rings is 1. The number of nitrogens with zero attached hydrogens (tertiary/aromatic N) is 3. The fourth-order valence-electron chi connectivity index (χ4n) is 3.33. The molecule has 124 valence electrons. The summed E-state index contributed by atoms with van der Waals surface area (Å²) in [6, 6.07) is 5.60. The molecule has 1 saturated heterocycles. The van der Waals surface area contributed by atoms with Crippen LogP contribution in [0, 0.1) is 0 Å². The van der Waals surface area contributed by atoms with Crippen LogP contribution in [0.15, 0.2) is 34.3 Å². The van der Waals surface area contributed by atoms with E-state index in [2.05, 4.69) is 15.3 Å². The number of aliphatic imine (C=N–C) groups is 1. The predicted octanol–water partition coefficient (Wildman–Crippen LogP) is 2.83. The van der Waals surface area contributed by atoms with Crippen LogP contribution in [0.25, 0.3) is 0 Å². The molecule has 7 heteroatoms. The molecule has 0 radical (unpaired) electrons. The molecule has 0 unspecified atom stereocenters. The molecule has 1 aromatic heterocycles. The minimum atomic E-state index is 0.00352. The molecular weight excluding hydrogens is 347 g/mol. The monoisotopic (exact) mass is 362 g/mol. The van der Waals surface area contributed by atoms with Gasteiger partial charge in [0.25, 0.3) is 5.56 Å². The number of fused-ring (bicyclic) bond motifs is 1. The molecular formula is C17H16Cl2N4O. The highest BCUT2D eigenvalue weighted by molar-refractivity contribution is 6.44. The van der Waals surface area contributed by atoms with Crippen molar-refractivity contribution in [2.24, 2.45) is 4.99 Å². The van der Waals surface area contributed by atoms with Gasteiger partial charge in [0, 0.05) is 11.6 Å². The molecule has 2 aromatic rings. The third-order valence-electron chi connectivity index (χ3n) is 4.62. The van der Waals surface area contributed by atoms with Gasteiger partial charge in [0.2, 0.25) is 0 Å². The third kappa shape index (κ3) is 2.57. The van der Waals surface area contributed by atoms with E-state index in [-0.39, 0.29) is 11.6 Å². The standard InChI is InChI=1S/C17H16Cl2N4O/c18-13-3-1-2-11(14(13)19)15-16-12(8-21-15)17(24)23(9-22-16)10-4-6-20-7-5-10/h1-3,9-10,20H,4-8H2. The van der Waals surface area contributed by atoms with Gasteiger partial charge in [0.1, 0.15) is 5.69 Å². The van der Waals surface area contributed by atoms with E-state index < -0.39 is 0 Å². The molecule has 1 N–H and O–H groups in total. The molecule has 0 atom stereocenters. The maximum Gasteiger partial charge on any atom is 0.259 e. The van der Waals surface area contributed by atoms with Crippen molar-refractivity contribution in [3.8, 4) is 0 Å². The van der Waals surface area contributed by atoms with Crippen LogP contribution < -0.4 is 10.9 Å². The maximum absolute atomic E-state index is 12.9. The zero-order chi connectivity index (χ0) is 16.7. The van der Waals surface area contributed by atoms with E-state index in [9.17, 15) is 4.79 Å². The first-order chi connectivity index (χ1) is 11.7. The molecule has 0 bridgehead atoms. The lowest BCUT2D eigenvalue weighted by atomic mass is 10.0. The van der Waals surface area contributed by atoms with E-state index in [0.717, 1.165) is 31.5 Å². The first kappa shape index (κ1) is 15.8. The van der Waals surface area contributed by atoms with Gasteiger partial charge in [-0.3, -0.25) is 14.4 Å². The summed E-state index contributed by atoms with van der Waals surface area (Å²) in [5.74, 6) is 0. The fourth-order valence-corrected chi connectivity index (χ4v) is 3.72. The van der Waals surface area contributed by atoms with Crippen LogP contribution in [0.2, 0.25) is 10.0 Å². The summed E-state index contributed by atoms with van der Waals surface area (Å²) in [6.45, 7) is 2.19. The van der Waals surface area contributed by atoms with E-state index in [1.165, 1.54) is 0 Å². The third-order valence-corrected chi connectivity index (χ3v) is 5.44. The summed E-state index contributed by atoms with van der Waals surface area (Å²) < 4.78 is 1.76. The number of hydrogen-bond acceptors (Lipinski definition) is 4. The first-order valence-electron chi connectivity index (χ1n) is 7.96. The Bertz CT molecular complexity index is 885. The molecule has 4 rings (SSSR count). The van der Waals surface area contributed by atoms with E-state index in [1.807, 2.05) is 12.1 Å². The van der Waals surface area contributed by atoms with Gasteiger partial charge in [0.15, 0.2) is 0 Å². The van der Waals surface area contributed by atoms with Gasteiger partial charge in [-0.2, -0.15) is 0 Å². The molecule has 1 fully saturated rings. The van der Waals surface area contributed by atoms with E-state index in [0.29, 0.717) is 33.6 Å². The van der Waals surface area contributed by atoms with Crippen LogP contribution in [0.5, 0.6) is 0 Å². The zero-order valence-corrected chi connectivity index (χ0v) is 14.4. The van der Waals surface area contributed by atoms with Gasteiger partial charge in [-0.25, -0.2) is 4.98 Å². The number of halogens is 2. The SMILES string of the molecule is O=c1c2c(ncn1C1CCNCC1)C(c1cccc(Cl)c1Cl)=NC2. The maximum atomic E-state index is 12.9. The number of hydrogen-bond donors (Lipinski definition) is 1. The topological polar surface area (TPSA) is 59.3 Å². The zero-order valence-electron chi connectivity index (χ0n) is 12.9. The van der Waals surface area contributed by atoms with Crippen LogP contribution >= 0.6 is 23.2 Å². The van der Waals surface area contributed by atoms with E-state index >= 15 is 0 Å². The minimum absolute atomic E-state index is 0.00352. The van der Waals surface area contributed by atoms with Gasteiger partial charge >= 0.3 is 0 Å². The van der Waals surface area contributed by atoms with Gasteiger partial charge in [-0.15, -0.1) is 0 Å². The number of rotatable bonds is 2.